The van der Waals surface area contributed by atoms with E-state index in [1.54, 1.807) is 0 Å². The van der Waals surface area contributed by atoms with E-state index in [1.165, 1.54) is 34.0 Å². The normalized spacial score (nSPS) is 20.3. The van der Waals surface area contributed by atoms with Crippen molar-refractivity contribution in [2.45, 2.75) is 50.1 Å². The van der Waals surface area contributed by atoms with Gasteiger partial charge in [0.05, 0.1) is 11.1 Å². The number of carbonyl (C=O) groups excluding carboxylic acids is 1. The van der Waals surface area contributed by atoms with Gasteiger partial charge in [-0.25, -0.2) is 4.98 Å². The standard InChI is InChI=1S/C17H19N5OS2/c1-8-2-5-10-11(6-8)25-16-13(10)15-20-21-17(24-7-12(18)23)22(15)14(19-16)9-3-4-9/h8-9H,2-7H2,1H3,(H2,18,23). The van der Waals surface area contributed by atoms with Gasteiger partial charge in [0.15, 0.2) is 10.8 Å². The largest absolute Gasteiger partial charge is 0.369 e. The first-order valence-corrected chi connectivity index (χ1v) is 10.5. The number of thiophene rings is 1. The van der Waals surface area contributed by atoms with Crippen LogP contribution in [0.1, 0.15) is 48.4 Å². The monoisotopic (exact) mass is 373 g/mol. The van der Waals surface area contributed by atoms with E-state index in [1.807, 2.05) is 11.3 Å². The number of primary amides is 1. The quantitative estimate of drug-likeness (QED) is 0.711. The fraction of sp³-hybridized carbons (Fsp3) is 0.529. The van der Waals surface area contributed by atoms with Gasteiger partial charge in [-0.2, -0.15) is 0 Å². The fourth-order valence-corrected chi connectivity index (χ4v) is 5.75. The third-order valence-electron chi connectivity index (χ3n) is 5.08. The molecule has 3 aromatic heterocycles. The molecule has 5 rings (SSSR count). The summed E-state index contributed by atoms with van der Waals surface area (Å²) in [6, 6.07) is 0. The van der Waals surface area contributed by atoms with Crippen LogP contribution in [0.25, 0.3) is 15.9 Å². The zero-order chi connectivity index (χ0) is 17.1. The van der Waals surface area contributed by atoms with Gasteiger partial charge >= 0.3 is 0 Å². The van der Waals surface area contributed by atoms with E-state index in [0.29, 0.717) is 5.92 Å². The lowest BCUT2D eigenvalue weighted by Crippen LogP contribution is -2.13. The molecule has 0 aromatic carbocycles. The highest BCUT2D eigenvalue weighted by Crippen LogP contribution is 2.44. The number of rotatable bonds is 4. The Labute approximate surface area is 153 Å². The van der Waals surface area contributed by atoms with Crippen LogP contribution in [-0.4, -0.2) is 31.2 Å². The first-order chi connectivity index (χ1) is 12.1. The SMILES string of the molecule is CC1CCc2c(sc3nc(C4CC4)n4c(SCC(N)=O)nnc4c23)C1. The van der Waals surface area contributed by atoms with Crippen LogP contribution in [0.5, 0.6) is 0 Å². The highest BCUT2D eigenvalue weighted by atomic mass is 32.2. The number of hydrogen-bond donors (Lipinski definition) is 1. The minimum Gasteiger partial charge on any atom is -0.369 e. The summed E-state index contributed by atoms with van der Waals surface area (Å²) in [7, 11) is 0. The maximum atomic E-state index is 11.2. The van der Waals surface area contributed by atoms with Crippen molar-refractivity contribution >= 4 is 44.9 Å². The summed E-state index contributed by atoms with van der Waals surface area (Å²) in [6.45, 7) is 2.32. The smallest absolute Gasteiger partial charge is 0.227 e. The molecule has 8 heteroatoms. The number of carbonyl (C=O) groups is 1. The second-order valence-electron chi connectivity index (χ2n) is 7.17. The number of nitrogens with two attached hydrogens (primary N) is 1. The molecule has 1 amide bonds. The van der Waals surface area contributed by atoms with Gasteiger partial charge in [0, 0.05) is 10.8 Å². The highest BCUT2D eigenvalue weighted by Gasteiger charge is 2.32. The molecule has 0 saturated heterocycles. The number of aryl methyl sites for hydroxylation is 1. The van der Waals surface area contributed by atoms with Crippen molar-refractivity contribution in [3.8, 4) is 0 Å². The third-order valence-corrected chi connectivity index (χ3v) is 7.18. The Hall–Kier alpha value is -1.67. The summed E-state index contributed by atoms with van der Waals surface area (Å²) in [5, 5.41) is 10.8. The molecule has 25 heavy (non-hydrogen) atoms. The molecule has 1 unspecified atom stereocenters. The van der Waals surface area contributed by atoms with Crippen molar-refractivity contribution in [2.24, 2.45) is 11.7 Å². The van der Waals surface area contributed by atoms with Crippen LogP contribution < -0.4 is 5.73 Å². The Balaban J connectivity index is 1.75. The van der Waals surface area contributed by atoms with Gasteiger partial charge in [-0.3, -0.25) is 9.20 Å². The lowest BCUT2D eigenvalue weighted by atomic mass is 9.89. The second-order valence-corrected chi connectivity index (χ2v) is 9.20. The molecule has 2 N–H and O–H groups in total. The van der Waals surface area contributed by atoms with Crippen LogP contribution in [0.2, 0.25) is 0 Å². The molecule has 1 saturated carbocycles. The third kappa shape index (κ3) is 2.54. The van der Waals surface area contributed by atoms with E-state index in [-0.39, 0.29) is 11.7 Å². The van der Waals surface area contributed by atoms with Gasteiger partial charge in [-0.1, -0.05) is 18.7 Å². The Morgan fingerprint density at radius 1 is 1.36 bits per heavy atom. The zero-order valence-corrected chi connectivity index (χ0v) is 15.6. The minimum atomic E-state index is -0.342. The van der Waals surface area contributed by atoms with Crippen molar-refractivity contribution in [2.75, 3.05) is 5.75 Å². The maximum Gasteiger partial charge on any atom is 0.227 e. The predicted octanol–water partition coefficient (Wildman–Crippen LogP) is 2.92. The molecule has 2 aliphatic carbocycles. The van der Waals surface area contributed by atoms with Crippen LogP contribution in [0.3, 0.4) is 0 Å². The molecule has 2 aliphatic rings. The summed E-state index contributed by atoms with van der Waals surface area (Å²) in [5.74, 6) is 2.13. The summed E-state index contributed by atoms with van der Waals surface area (Å²) >= 11 is 3.18. The Bertz CT molecular complexity index is 1000. The molecule has 1 fully saturated rings. The molecule has 3 heterocycles. The lowest BCUT2D eigenvalue weighted by Gasteiger charge is -2.17. The maximum absolute atomic E-state index is 11.2. The topological polar surface area (TPSA) is 86.2 Å². The van der Waals surface area contributed by atoms with E-state index < -0.39 is 0 Å². The second kappa shape index (κ2) is 5.67. The van der Waals surface area contributed by atoms with Gasteiger partial charge in [0.2, 0.25) is 5.91 Å². The number of thioether (sulfide) groups is 1. The number of nitrogens with zero attached hydrogens (tertiary/aromatic N) is 4. The average molecular weight is 374 g/mol. The van der Waals surface area contributed by atoms with Crippen molar-refractivity contribution in [1.29, 1.82) is 0 Å². The molecule has 130 valence electrons. The lowest BCUT2D eigenvalue weighted by molar-refractivity contribution is -0.115. The summed E-state index contributed by atoms with van der Waals surface area (Å²) in [5.41, 5.74) is 7.63. The molecule has 0 radical (unpaired) electrons. The van der Waals surface area contributed by atoms with E-state index in [0.717, 1.165) is 53.1 Å². The number of amides is 1. The summed E-state index contributed by atoms with van der Waals surface area (Å²) in [6.07, 6.45) is 5.76. The Morgan fingerprint density at radius 2 is 2.20 bits per heavy atom. The van der Waals surface area contributed by atoms with E-state index in [2.05, 4.69) is 21.5 Å². The minimum absolute atomic E-state index is 0.211. The molecular weight excluding hydrogens is 354 g/mol. The van der Waals surface area contributed by atoms with Gasteiger partial charge in [-0.05, 0) is 43.6 Å². The summed E-state index contributed by atoms with van der Waals surface area (Å²) < 4.78 is 2.08. The molecule has 6 nitrogen and oxygen atoms in total. The van der Waals surface area contributed by atoms with Crippen molar-refractivity contribution in [3.63, 3.8) is 0 Å². The highest BCUT2D eigenvalue weighted by molar-refractivity contribution is 7.99. The Kier molecular flexibility index (Phi) is 3.53. The number of hydrogen-bond acceptors (Lipinski definition) is 6. The number of aromatic nitrogens is 4. The van der Waals surface area contributed by atoms with Gasteiger partial charge in [-0.15, -0.1) is 21.5 Å². The molecular formula is C17H19N5OS2. The average Bonchev–Trinajstić information content (AvgIpc) is 3.23. The first-order valence-electron chi connectivity index (χ1n) is 8.72. The first kappa shape index (κ1) is 15.6. The van der Waals surface area contributed by atoms with Crippen LogP contribution in [-0.2, 0) is 17.6 Å². The van der Waals surface area contributed by atoms with Crippen molar-refractivity contribution < 1.29 is 4.79 Å². The van der Waals surface area contributed by atoms with E-state index in [4.69, 9.17) is 10.7 Å². The Morgan fingerprint density at radius 3 is 2.96 bits per heavy atom. The van der Waals surface area contributed by atoms with Gasteiger partial charge < -0.3 is 5.73 Å². The van der Waals surface area contributed by atoms with Crippen LogP contribution in [0.4, 0.5) is 0 Å². The van der Waals surface area contributed by atoms with Gasteiger partial charge in [0.25, 0.3) is 0 Å². The van der Waals surface area contributed by atoms with Gasteiger partial charge in [0.1, 0.15) is 10.7 Å². The zero-order valence-electron chi connectivity index (χ0n) is 14.0. The van der Waals surface area contributed by atoms with Crippen LogP contribution in [0, 0.1) is 5.92 Å². The predicted molar refractivity (Wildman–Crippen MR) is 99.2 cm³/mol. The van der Waals surface area contributed by atoms with E-state index >= 15 is 0 Å². The van der Waals surface area contributed by atoms with Crippen LogP contribution >= 0.6 is 23.1 Å². The molecule has 0 aliphatic heterocycles. The van der Waals surface area contributed by atoms with Crippen molar-refractivity contribution in [3.05, 3.63) is 16.3 Å². The van der Waals surface area contributed by atoms with Crippen LogP contribution in [0.15, 0.2) is 5.16 Å². The van der Waals surface area contributed by atoms with Crippen molar-refractivity contribution in [1.82, 2.24) is 19.6 Å². The molecule has 0 bridgehead atoms. The molecule has 3 aromatic rings. The van der Waals surface area contributed by atoms with E-state index in [9.17, 15) is 4.79 Å². The number of fused-ring (bicyclic) bond motifs is 5. The fourth-order valence-electron chi connectivity index (χ4n) is 3.68. The summed E-state index contributed by atoms with van der Waals surface area (Å²) in [4.78, 5) is 18.8. The molecule has 0 spiro atoms. The molecule has 1 atom stereocenters.